The lowest BCUT2D eigenvalue weighted by Gasteiger charge is -2.24. The zero-order chi connectivity index (χ0) is 11.4. The van der Waals surface area contributed by atoms with E-state index < -0.39 is 0 Å². The number of ether oxygens (including phenoxy) is 1. The molecule has 0 radical (unpaired) electrons. The molecule has 1 saturated heterocycles. The largest absolute Gasteiger partial charge is 0.377 e. The number of piperidine rings is 1. The van der Waals surface area contributed by atoms with Crippen LogP contribution in [-0.4, -0.2) is 29.8 Å². The maximum absolute atomic E-state index is 5.17. The van der Waals surface area contributed by atoms with Gasteiger partial charge in [0.1, 0.15) is 12.4 Å². The third kappa shape index (κ3) is 2.62. The highest BCUT2D eigenvalue weighted by atomic mass is 16.5. The maximum Gasteiger partial charge on any atom is 0.134 e. The lowest BCUT2D eigenvalue weighted by atomic mass is 9.99. The van der Waals surface area contributed by atoms with E-state index in [2.05, 4.69) is 21.8 Å². The summed E-state index contributed by atoms with van der Waals surface area (Å²) in [6.45, 7) is 6.09. The highest BCUT2D eigenvalue weighted by Crippen LogP contribution is 2.15. The first-order valence-electron chi connectivity index (χ1n) is 6.02. The summed E-state index contributed by atoms with van der Waals surface area (Å²) in [4.78, 5) is 4.39. The van der Waals surface area contributed by atoms with Crippen LogP contribution in [-0.2, 0) is 17.9 Å². The Labute approximate surface area is 97.0 Å². The summed E-state index contributed by atoms with van der Waals surface area (Å²) in [6.07, 6.45) is 4.54. The van der Waals surface area contributed by atoms with Gasteiger partial charge in [-0.2, -0.15) is 0 Å². The van der Waals surface area contributed by atoms with Gasteiger partial charge in [0.2, 0.25) is 0 Å². The molecule has 0 amide bonds. The van der Waals surface area contributed by atoms with E-state index in [0.717, 1.165) is 24.8 Å². The molecule has 0 spiro atoms. The highest BCUT2D eigenvalue weighted by Gasteiger charge is 2.16. The third-order valence-electron chi connectivity index (χ3n) is 3.25. The van der Waals surface area contributed by atoms with Crippen LogP contribution in [0.2, 0.25) is 0 Å². The molecular formula is C12H21N3O. The molecule has 0 aromatic carbocycles. The molecule has 1 aromatic heterocycles. The number of nitrogens with one attached hydrogen (secondary N) is 1. The second kappa shape index (κ2) is 5.46. The molecule has 4 heteroatoms. The predicted molar refractivity (Wildman–Crippen MR) is 63.3 cm³/mol. The molecule has 4 nitrogen and oxygen atoms in total. The van der Waals surface area contributed by atoms with Crippen LogP contribution >= 0.6 is 0 Å². The van der Waals surface area contributed by atoms with Crippen molar-refractivity contribution in [2.75, 3.05) is 20.2 Å². The molecule has 0 aliphatic carbocycles. The summed E-state index contributed by atoms with van der Waals surface area (Å²) in [6, 6.07) is 0. The molecule has 1 aromatic rings. The summed E-state index contributed by atoms with van der Waals surface area (Å²) in [5.41, 5.74) is 1.23. The minimum absolute atomic E-state index is 0.605. The second-order valence-corrected chi connectivity index (χ2v) is 4.57. The van der Waals surface area contributed by atoms with Crippen molar-refractivity contribution in [3.8, 4) is 0 Å². The molecule has 1 unspecified atom stereocenters. The van der Waals surface area contributed by atoms with Crippen molar-refractivity contribution < 1.29 is 4.74 Å². The SMILES string of the molecule is COCc1ncc(C)n1CC1CCCNC1. The Bertz CT molecular complexity index is 329. The van der Waals surface area contributed by atoms with Crippen molar-refractivity contribution >= 4 is 0 Å². The fourth-order valence-electron chi connectivity index (χ4n) is 2.34. The van der Waals surface area contributed by atoms with Crippen LogP contribution in [0.4, 0.5) is 0 Å². The summed E-state index contributed by atoms with van der Waals surface area (Å²) in [5.74, 6) is 1.78. The fourth-order valence-corrected chi connectivity index (χ4v) is 2.34. The third-order valence-corrected chi connectivity index (χ3v) is 3.25. The van der Waals surface area contributed by atoms with Crippen LogP contribution in [0.3, 0.4) is 0 Å². The average molecular weight is 223 g/mol. The smallest absolute Gasteiger partial charge is 0.134 e. The lowest BCUT2D eigenvalue weighted by Crippen LogP contribution is -2.32. The van der Waals surface area contributed by atoms with E-state index in [1.165, 1.54) is 25.1 Å². The first-order chi connectivity index (χ1) is 7.81. The van der Waals surface area contributed by atoms with Gasteiger partial charge in [-0.3, -0.25) is 0 Å². The average Bonchev–Trinajstić information content (AvgIpc) is 2.64. The maximum atomic E-state index is 5.17. The van der Waals surface area contributed by atoms with Crippen LogP contribution in [0.1, 0.15) is 24.4 Å². The summed E-state index contributed by atoms with van der Waals surface area (Å²) < 4.78 is 7.46. The van der Waals surface area contributed by atoms with Crippen molar-refractivity contribution in [2.45, 2.75) is 32.9 Å². The van der Waals surface area contributed by atoms with E-state index in [4.69, 9.17) is 4.74 Å². The highest BCUT2D eigenvalue weighted by molar-refractivity contribution is 5.03. The van der Waals surface area contributed by atoms with Gasteiger partial charge in [-0.15, -0.1) is 0 Å². The first kappa shape index (κ1) is 11.6. The topological polar surface area (TPSA) is 39.1 Å². The number of hydrogen-bond acceptors (Lipinski definition) is 3. The molecule has 0 bridgehead atoms. The van der Waals surface area contributed by atoms with E-state index in [1.54, 1.807) is 7.11 Å². The van der Waals surface area contributed by atoms with E-state index in [0.29, 0.717) is 6.61 Å². The van der Waals surface area contributed by atoms with Crippen molar-refractivity contribution in [3.63, 3.8) is 0 Å². The van der Waals surface area contributed by atoms with Gasteiger partial charge in [0, 0.05) is 25.5 Å². The van der Waals surface area contributed by atoms with Gasteiger partial charge in [0.25, 0.3) is 0 Å². The van der Waals surface area contributed by atoms with Gasteiger partial charge in [-0.1, -0.05) is 0 Å². The van der Waals surface area contributed by atoms with Gasteiger partial charge < -0.3 is 14.6 Å². The minimum Gasteiger partial charge on any atom is -0.377 e. The first-order valence-corrected chi connectivity index (χ1v) is 6.02. The van der Waals surface area contributed by atoms with Crippen molar-refractivity contribution in [2.24, 2.45) is 5.92 Å². The second-order valence-electron chi connectivity index (χ2n) is 4.57. The summed E-state index contributed by atoms with van der Waals surface area (Å²) in [5, 5.41) is 3.45. The van der Waals surface area contributed by atoms with E-state index >= 15 is 0 Å². The van der Waals surface area contributed by atoms with Crippen LogP contribution in [0.5, 0.6) is 0 Å². The number of methoxy groups -OCH3 is 1. The molecule has 0 saturated carbocycles. The Morgan fingerprint density at radius 3 is 3.19 bits per heavy atom. The predicted octanol–water partition coefficient (Wildman–Crippen LogP) is 1.34. The molecule has 1 atom stereocenters. The van der Waals surface area contributed by atoms with Crippen LogP contribution in [0.15, 0.2) is 6.20 Å². The Morgan fingerprint density at radius 2 is 2.50 bits per heavy atom. The van der Waals surface area contributed by atoms with E-state index in [-0.39, 0.29) is 0 Å². The fraction of sp³-hybridized carbons (Fsp3) is 0.750. The molecule has 1 N–H and O–H groups in total. The van der Waals surface area contributed by atoms with E-state index in [1.807, 2.05) is 6.20 Å². The molecule has 2 heterocycles. The van der Waals surface area contributed by atoms with Gasteiger partial charge in [0.15, 0.2) is 0 Å². The molecular weight excluding hydrogens is 202 g/mol. The Hall–Kier alpha value is -0.870. The van der Waals surface area contributed by atoms with Gasteiger partial charge in [0.05, 0.1) is 0 Å². The quantitative estimate of drug-likeness (QED) is 0.837. The number of hydrogen-bond donors (Lipinski definition) is 1. The van der Waals surface area contributed by atoms with E-state index in [9.17, 15) is 0 Å². The summed E-state index contributed by atoms with van der Waals surface area (Å²) >= 11 is 0. The number of aryl methyl sites for hydroxylation is 1. The van der Waals surface area contributed by atoms with Crippen molar-refractivity contribution in [1.29, 1.82) is 0 Å². The molecule has 1 aliphatic rings. The Kier molecular flexibility index (Phi) is 3.96. The zero-order valence-corrected chi connectivity index (χ0v) is 10.2. The van der Waals surface area contributed by atoms with Crippen molar-refractivity contribution in [1.82, 2.24) is 14.9 Å². The lowest BCUT2D eigenvalue weighted by molar-refractivity contribution is 0.172. The van der Waals surface area contributed by atoms with Gasteiger partial charge >= 0.3 is 0 Å². The standard InChI is InChI=1S/C12H21N3O/c1-10-6-14-12(9-16-2)15(10)8-11-4-3-5-13-7-11/h6,11,13H,3-5,7-9H2,1-2H3. The summed E-state index contributed by atoms with van der Waals surface area (Å²) in [7, 11) is 1.72. The number of rotatable bonds is 4. The van der Waals surface area contributed by atoms with Gasteiger partial charge in [-0.25, -0.2) is 4.98 Å². The monoisotopic (exact) mass is 223 g/mol. The molecule has 1 aliphatic heterocycles. The Morgan fingerprint density at radius 1 is 1.62 bits per heavy atom. The van der Waals surface area contributed by atoms with Gasteiger partial charge in [-0.05, 0) is 38.8 Å². The molecule has 1 fully saturated rings. The molecule has 16 heavy (non-hydrogen) atoms. The van der Waals surface area contributed by atoms with Crippen LogP contribution in [0.25, 0.3) is 0 Å². The molecule has 90 valence electrons. The molecule has 2 rings (SSSR count). The van der Waals surface area contributed by atoms with Crippen molar-refractivity contribution in [3.05, 3.63) is 17.7 Å². The zero-order valence-electron chi connectivity index (χ0n) is 10.2. The Balaban J connectivity index is 2.03. The normalized spacial score (nSPS) is 21.2. The number of nitrogens with zero attached hydrogens (tertiary/aromatic N) is 2. The van der Waals surface area contributed by atoms with Crippen LogP contribution in [0, 0.1) is 12.8 Å². The van der Waals surface area contributed by atoms with Crippen LogP contribution < -0.4 is 5.32 Å². The number of aromatic nitrogens is 2. The minimum atomic E-state index is 0.605. The number of imidazole rings is 1.